The molecule has 1 saturated carbocycles. The summed E-state index contributed by atoms with van der Waals surface area (Å²) in [5.41, 5.74) is 5.94. The van der Waals surface area contributed by atoms with Crippen LogP contribution in [0.1, 0.15) is 39.0 Å². The lowest BCUT2D eigenvalue weighted by atomic mass is 9.94. The average molecular weight is 235 g/mol. The number of carbonyl (C=O) groups is 1. The third kappa shape index (κ3) is 3.86. The van der Waals surface area contributed by atoms with Crippen molar-refractivity contribution >= 4 is 5.78 Å². The van der Waals surface area contributed by atoms with E-state index in [1.54, 1.807) is 6.92 Å². The molecule has 17 heavy (non-hydrogen) atoms. The summed E-state index contributed by atoms with van der Waals surface area (Å²) >= 11 is 0. The Bertz CT molecular complexity index is 344. The van der Waals surface area contributed by atoms with Gasteiger partial charge in [-0.05, 0) is 26.8 Å². The summed E-state index contributed by atoms with van der Waals surface area (Å²) in [6, 6.07) is 2.37. The van der Waals surface area contributed by atoms with Gasteiger partial charge in [-0.3, -0.25) is 9.69 Å². The molecule has 4 heteroatoms. The van der Waals surface area contributed by atoms with Gasteiger partial charge in [0, 0.05) is 11.7 Å². The number of nitriles is 1. The zero-order chi connectivity index (χ0) is 12.8. The molecule has 0 atom stereocenters. The van der Waals surface area contributed by atoms with Gasteiger partial charge in [0.1, 0.15) is 11.6 Å². The average Bonchev–Trinajstić information content (AvgIpc) is 2.30. The minimum Gasteiger partial charge on any atom is -0.401 e. The van der Waals surface area contributed by atoms with E-state index in [0.29, 0.717) is 18.3 Å². The van der Waals surface area contributed by atoms with Crippen LogP contribution in [0.3, 0.4) is 0 Å². The predicted octanol–water partition coefficient (Wildman–Crippen LogP) is 1.58. The molecule has 0 bridgehead atoms. The van der Waals surface area contributed by atoms with Crippen molar-refractivity contribution in [3.63, 3.8) is 0 Å². The van der Waals surface area contributed by atoms with Gasteiger partial charge in [-0.15, -0.1) is 0 Å². The zero-order valence-electron chi connectivity index (χ0n) is 10.7. The summed E-state index contributed by atoms with van der Waals surface area (Å²) in [6.45, 7) is 1.89. The molecule has 1 aliphatic rings. The Balaban J connectivity index is 2.56. The van der Waals surface area contributed by atoms with Crippen molar-refractivity contribution < 1.29 is 4.79 Å². The smallest absolute Gasteiger partial charge is 0.189 e. The van der Waals surface area contributed by atoms with E-state index in [2.05, 4.69) is 4.90 Å². The van der Waals surface area contributed by atoms with E-state index in [0.717, 1.165) is 12.8 Å². The molecule has 0 spiro atoms. The van der Waals surface area contributed by atoms with Crippen LogP contribution >= 0.6 is 0 Å². The fourth-order valence-electron chi connectivity index (χ4n) is 2.33. The van der Waals surface area contributed by atoms with Crippen molar-refractivity contribution in [2.75, 3.05) is 13.6 Å². The van der Waals surface area contributed by atoms with E-state index in [9.17, 15) is 4.79 Å². The predicted molar refractivity (Wildman–Crippen MR) is 67.0 cm³/mol. The van der Waals surface area contributed by atoms with Gasteiger partial charge >= 0.3 is 0 Å². The molecule has 0 aromatic carbocycles. The van der Waals surface area contributed by atoms with Crippen molar-refractivity contribution in [1.29, 1.82) is 5.26 Å². The maximum Gasteiger partial charge on any atom is 0.189 e. The highest BCUT2D eigenvalue weighted by molar-refractivity contribution is 6.00. The van der Waals surface area contributed by atoms with Gasteiger partial charge in [-0.2, -0.15) is 5.26 Å². The number of likely N-dealkylation sites (N-methyl/N-ethyl adjacent to an activating group) is 1. The molecule has 0 aromatic heterocycles. The van der Waals surface area contributed by atoms with E-state index in [-0.39, 0.29) is 11.4 Å². The van der Waals surface area contributed by atoms with Crippen LogP contribution in [-0.4, -0.2) is 30.3 Å². The van der Waals surface area contributed by atoms with Gasteiger partial charge in [0.25, 0.3) is 0 Å². The Labute approximate surface area is 103 Å². The fraction of sp³-hybridized carbons (Fsp3) is 0.692. The Morgan fingerprint density at radius 2 is 2.00 bits per heavy atom. The molecule has 2 N–H and O–H groups in total. The second-order valence-electron chi connectivity index (χ2n) is 4.80. The number of hydrogen-bond donors (Lipinski definition) is 1. The lowest BCUT2D eigenvalue weighted by Gasteiger charge is -2.30. The van der Waals surface area contributed by atoms with Crippen molar-refractivity contribution in [1.82, 2.24) is 4.90 Å². The number of allylic oxidation sites excluding steroid dienone is 1. The third-order valence-corrected chi connectivity index (χ3v) is 3.38. The molecule has 0 saturated heterocycles. The maximum absolute atomic E-state index is 11.9. The van der Waals surface area contributed by atoms with Crippen LogP contribution in [0.4, 0.5) is 0 Å². The number of Topliss-reactive ketones (excluding diaryl/α,β-unsaturated/α-hetero) is 1. The maximum atomic E-state index is 11.9. The van der Waals surface area contributed by atoms with Crippen LogP contribution in [0.2, 0.25) is 0 Å². The molecule has 94 valence electrons. The molecule has 0 amide bonds. The summed E-state index contributed by atoms with van der Waals surface area (Å²) in [7, 11) is 1.95. The molecule has 0 aromatic rings. The molecule has 0 radical (unpaired) electrons. The minimum atomic E-state index is -0.166. The quantitative estimate of drug-likeness (QED) is 0.593. The van der Waals surface area contributed by atoms with Crippen molar-refractivity contribution in [2.24, 2.45) is 5.73 Å². The number of carbonyl (C=O) groups excluding carboxylic acids is 1. The molecule has 1 fully saturated rings. The zero-order valence-corrected chi connectivity index (χ0v) is 10.7. The van der Waals surface area contributed by atoms with Crippen LogP contribution in [0.15, 0.2) is 11.3 Å². The van der Waals surface area contributed by atoms with Crippen molar-refractivity contribution in [2.45, 2.75) is 45.1 Å². The topological polar surface area (TPSA) is 70.1 Å². The second-order valence-corrected chi connectivity index (χ2v) is 4.80. The monoisotopic (exact) mass is 235 g/mol. The van der Waals surface area contributed by atoms with Gasteiger partial charge in [0.2, 0.25) is 0 Å². The number of nitrogens with zero attached hydrogens (tertiary/aromatic N) is 2. The first kappa shape index (κ1) is 13.7. The molecular formula is C13H21N3O. The molecule has 0 unspecified atom stereocenters. The van der Waals surface area contributed by atoms with Gasteiger partial charge in [0.15, 0.2) is 5.78 Å². The van der Waals surface area contributed by atoms with Crippen molar-refractivity contribution in [3.8, 4) is 6.07 Å². The summed E-state index contributed by atoms with van der Waals surface area (Å²) in [5.74, 6) is -0.166. The molecule has 0 heterocycles. The van der Waals surface area contributed by atoms with Gasteiger partial charge in [-0.1, -0.05) is 19.3 Å². The SMILES string of the molecule is C/C(N)=C(/C#N)C(=O)CN(C)C1CCCCC1. The second kappa shape index (κ2) is 6.41. The number of rotatable bonds is 4. The van der Waals surface area contributed by atoms with E-state index in [4.69, 9.17) is 11.0 Å². The van der Waals surface area contributed by atoms with E-state index in [1.807, 2.05) is 13.1 Å². The lowest BCUT2D eigenvalue weighted by Crippen LogP contribution is -2.37. The van der Waals surface area contributed by atoms with Crippen LogP contribution < -0.4 is 5.73 Å². The van der Waals surface area contributed by atoms with Crippen LogP contribution in [-0.2, 0) is 4.79 Å². The van der Waals surface area contributed by atoms with E-state index in [1.165, 1.54) is 19.3 Å². The standard InChI is InChI=1S/C13H21N3O/c1-10(15)12(8-14)13(17)9-16(2)11-6-4-3-5-7-11/h11H,3-7,9,15H2,1-2H3/b12-10+. The normalized spacial score (nSPS) is 18.7. The Morgan fingerprint density at radius 1 is 1.41 bits per heavy atom. The molecular weight excluding hydrogens is 214 g/mol. The summed E-state index contributed by atoms with van der Waals surface area (Å²) < 4.78 is 0. The van der Waals surface area contributed by atoms with Crippen LogP contribution in [0.25, 0.3) is 0 Å². The van der Waals surface area contributed by atoms with E-state index >= 15 is 0 Å². The van der Waals surface area contributed by atoms with Crippen molar-refractivity contribution in [3.05, 3.63) is 11.3 Å². The highest BCUT2D eigenvalue weighted by atomic mass is 16.1. The van der Waals surface area contributed by atoms with Gasteiger partial charge < -0.3 is 5.73 Å². The summed E-state index contributed by atoms with van der Waals surface area (Å²) in [6.07, 6.45) is 6.07. The minimum absolute atomic E-state index is 0.104. The highest BCUT2D eigenvalue weighted by Crippen LogP contribution is 2.21. The number of hydrogen-bond acceptors (Lipinski definition) is 4. The van der Waals surface area contributed by atoms with Crippen LogP contribution in [0.5, 0.6) is 0 Å². The van der Waals surface area contributed by atoms with Gasteiger partial charge in [-0.25, -0.2) is 0 Å². The van der Waals surface area contributed by atoms with E-state index < -0.39 is 0 Å². The number of nitrogens with two attached hydrogens (primary N) is 1. The first-order chi connectivity index (χ1) is 8.06. The highest BCUT2D eigenvalue weighted by Gasteiger charge is 2.21. The molecule has 1 aliphatic carbocycles. The van der Waals surface area contributed by atoms with Gasteiger partial charge in [0.05, 0.1) is 6.54 Å². The largest absolute Gasteiger partial charge is 0.401 e. The lowest BCUT2D eigenvalue weighted by molar-refractivity contribution is -0.116. The Kier molecular flexibility index (Phi) is 5.17. The summed E-state index contributed by atoms with van der Waals surface area (Å²) in [4.78, 5) is 13.9. The molecule has 4 nitrogen and oxygen atoms in total. The molecule has 0 aliphatic heterocycles. The Hall–Kier alpha value is -1.34. The first-order valence-electron chi connectivity index (χ1n) is 6.16. The summed E-state index contributed by atoms with van der Waals surface area (Å²) in [5, 5.41) is 8.86. The first-order valence-corrected chi connectivity index (χ1v) is 6.16. The third-order valence-electron chi connectivity index (χ3n) is 3.38. The van der Waals surface area contributed by atoms with Crippen LogP contribution in [0, 0.1) is 11.3 Å². The molecule has 1 rings (SSSR count). The fourth-order valence-corrected chi connectivity index (χ4v) is 2.33. The Morgan fingerprint density at radius 3 is 2.47 bits per heavy atom. The number of ketones is 1.